The molecule has 2 aromatic heterocycles. The maximum Gasteiger partial charge on any atom is 0.305 e. The molecule has 0 spiro atoms. The molecule has 0 radical (unpaired) electrons. The van der Waals surface area contributed by atoms with E-state index in [9.17, 15) is 4.79 Å². The molecular formula is C7H5NOS2. The predicted molar refractivity (Wildman–Crippen MR) is 48.3 cm³/mol. The molecule has 0 unspecified atom stereocenters. The molecular weight excluding hydrogens is 178 g/mol. The van der Waals surface area contributed by atoms with Gasteiger partial charge in [0.2, 0.25) is 0 Å². The van der Waals surface area contributed by atoms with Gasteiger partial charge in [-0.1, -0.05) is 17.4 Å². The van der Waals surface area contributed by atoms with E-state index in [4.69, 9.17) is 0 Å². The highest BCUT2D eigenvalue weighted by Gasteiger charge is 2.00. The number of nitrogens with one attached hydrogen (secondary N) is 1. The number of thiazole rings is 1. The molecule has 0 fully saturated rings. The molecule has 0 atom stereocenters. The van der Waals surface area contributed by atoms with Crippen molar-refractivity contribution < 1.29 is 0 Å². The van der Waals surface area contributed by atoms with E-state index in [1.54, 1.807) is 17.5 Å². The topological polar surface area (TPSA) is 32.9 Å². The summed E-state index contributed by atoms with van der Waals surface area (Å²) < 4.78 is 0. The maximum absolute atomic E-state index is 10.8. The zero-order valence-electron chi connectivity index (χ0n) is 5.53. The normalized spacial score (nSPS) is 10.2. The minimum Gasteiger partial charge on any atom is -0.319 e. The Labute approximate surface area is 71.2 Å². The Hall–Kier alpha value is -0.870. The first kappa shape index (κ1) is 6.82. The standard InChI is InChI=1S/C7H5NOS2/c9-7-8-4-6(11-7)5-2-1-3-10-5/h1-4H,(H,8,9). The van der Waals surface area contributed by atoms with Crippen molar-refractivity contribution in [2.24, 2.45) is 0 Å². The summed E-state index contributed by atoms with van der Waals surface area (Å²) in [6.45, 7) is 0. The second-order valence-electron chi connectivity index (χ2n) is 2.02. The van der Waals surface area contributed by atoms with Crippen molar-refractivity contribution in [2.45, 2.75) is 0 Å². The first-order valence-corrected chi connectivity index (χ1v) is 4.78. The van der Waals surface area contributed by atoms with Gasteiger partial charge in [0.05, 0.1) is 4.88 Å². The molecule has 56 valence electrons. The largest absolute Gasteiger partial charge is 0.319 e. The summed E-state index contributed by atoms with van der Waals surface area (Å²) in [6.07, 6.45) is 1.75. The molecule has 0 aliphatic carbocycles. The van der Waals surface area contributed by atoms with Crippen LogP contribution in [0, 0.1) is 0 Å². The van der Waals surface area contributed by atoms with Crippen LogP contribution in [-0.2, 0) is 0 Å². The highest BCUT2D eigenvalue weighted by molar-refractivity contribution is 7.20. The third kappa shape index (κ3) is 1.27. The van der Waals surface area contributed by atoms with Gasteiger partial charge >= 0.3 is 4.87 Å². The van der Waals surface area contributed by atoms with Gasteiger partial charge in [-0.05, 0) is 11.4 Å². The Morgan fingerprint density at radius 2 is 2.27 bits per heavy atom. The minimum atomic E-state index is 0.00778. The van der Waals surface area contributed by atoms with Crippen LogP contribution in [0.3, 0.4) is 0 Å². The Morgan fingerprint density at radius 1 is 1.36 bits per heavy atom. The highest BCUT2D eigenvalue weighted by atomic mass is 32.1. The van der Waals surface area contributed by atoms with Crippen LogP contribution in [0.4, 0.5) is 0 Å². The second-order valence-corrected chi connectivity index (χ2v) is 3.98. The molecule has 0 saturated carbocycles. The number of H-pyrrole nitrogens is 1. The number of aromatic nitrogens is 1. The van der Waals surface area contributed by atoms with Crippen molar-refractivity contribution in [3.8, 4) is 9.75 Å². The van der Waals surface area contributed by atoms with Crippen molar-refractivity contribution in [3.05, 3.63) is 33.4 Å². The summed E-state index contributed by atoms with van der Waals surface area (Å²) in [4.78, 5) is 15.6. The highest BCUT2D eigenvalue weighted by Crippen LogP contribution is 2.25. The monoisotopic (exact) mass is 183 g/mol. The Kier molecular flexibility index (Phi) is 1.63. The van der Waals surface area contributed by atoms with Crippen LogP contribution in [0.5, 0.6) is 0 Å². The summed E-state index contributed by atoms with van der Waals surface area (Å²) in [7, 11) is 0. The first-order valence-electron chi connectivity index (χ1n) is 3.08. The van der Waals surface area contributed by atoms with E-state index in [2.05, 4.69) is 4.98 Å². The molecule has 2 nitrogen and oxygen atoms in total. The van der Waals surface area contributed by atoms with Gasteiger partial charge < -0.3 is 4.98 Å². The molecule has 1 N–H and O–H groups in total. The predicted octanol–water partition coefficient (Wildman–Crippen LogP) is 2.16. The Morgan fingerprint density at radius 3 is 2.82 bits per heavy atom. The van der Waals surface area contributed by atoms with E-state index in [0.29, 0.717) is 0 Å². The smallest absolute Gasteiger partial charge is 0.305 e. The molecule has 2 aromatic rings. The average Bonchev–Trinajstić information content (AvgIpc) is 2.55. The molecule has 2 heterocycles. The van der Waals surface area contributed by atoms with Gasteiger partial charge in [-0.15, -0.1) is 11.3 Å². The van der Waals surface area contributed by atoms with Crippen molar-refractivity contribution >= 4 is 22.7 Å². The lowest BCUT2D eigenvalue weighted by Crippen LogP contribution is -1.88. The molecule has 2 rings (SSSR count). The van der Waals surface area contributed by atoms with Crippen LogP contribution < -0.4 is 4.87 Å². The quantitative estimate of drug-likeness (QED) is 0.722. The average molecular weight is 183 g/mol. The third-order valence-corrected chi connectivity index (χ3v) is 3.18. The van der Waals surface area contributed by atoms with Gasteiger partial charge in [-0.3, -0.25) is 4.79 Å². The van der Waals surface area contributed by atoms with Crippen LogP contribution in [-0.4, -0.2) is 4.98 Å². The van der Waals surface area contributed by atoms with Crippen molar-refractivity contribution in [3.63, 3.8) is 0 Å². The maximum atomic E-state index is 10.8. The van der Waals surface area contributed by atoms with Crippen LogP contribution >= 0.6 is 22.7 Å². The van der Waals surface area contributed by atoms with E-state index in [0.717, 1.165) is 9.75 Å². The van der Waals surface area contributed by atoms with Crippen LogP contribution in [0.15, 0.2) is 28.5 Å². The van der Waals surface area contributed by atoms with E-state index in [-0.39, 0.29) is 4.87 Å². The van der Waals surface area contributed by atoms with Crippen LogP contribution in [0.1, 0.15) is 0 Å². The fourth-order valence-electron chi connectivity index (χ4n) is 0.823. The number of aromatic amines is 1. The lowest BCUT2D eigenvalue weighted by atomic mass is 10.4. The second kappa shape index (κ2) is 2.64. The number of rotatable bonds is 1. The number of hydrogen-bond acceptors (Lipinski definition) is 3. The number of hydrogen-bond donors (Lipinski definition) is 1. The molecule has 11 heavy (non-hydrogen) atoms. The Bertz CT molecular complexity index is 384. The van der Waals surface area contributed by atoms with Gasteiger partial charge in [0.15, 0.2) is 0 Å². The van der Waals surface area contributed by atoms with Crippen molar-refractivity contribution in [2.75, 3.05) is 0 Å². The van der Waals surface area contributed by atoms with E-state index in [1.165, 1.54) is 11.3 Å². The third-order valence-electron chi connectivity index (χ3n) is 1.29. The molecule has 0 aliphatic rings. The molecule has 0 amide bonds. The molecule has 0 saturated heterocycles. The van der Waals surface area contributed by atoms with Crippen LogP contribution in [0.25, 0.3) is 9.75 Å². The van der Waals surface area contributed by atoms with E-state index in [1.807, 2.05) is 17.5 Å². The van der Waals surface area contributed by atoms with Gasteiger partial charge in [0.25, 0.3) is 0 Å². The molecule has 0 aliphatic heterocycles. The Balaban J connectivity index is 2.53. The summed E-state index contributed by atoms with van der Waals surface area (Å²) in [5.74, 6) is 0. The van der Waals surface area contributed by atoms with E-state index >= 15 is 0 Å². The SMILES string of the molecule is O=c1[nH]cc(-c2cccs2)s1. The summed E-state index contributed by atoms with van der Waals surface area (Å²) in [5.41, 5.74) is 0. The summed E-state index contributed by atoms with van der Waals surface area (Å²) >= 11 is 2.89. The van der Waals surface area contributed by atoms with Crippen molar-refractivity contribution in [1.29, 1.82) is 0 Å². The van der Waals surface area contributed by atoms with Crippen molar-refractivity contribution in [1.82, 2.24) is 4.98 Å². The molecule has 4 heteroatoms. The first-order chi connectivity index (χ1) is 5.36. The van der Waals surface area contributed by atoms with Gasteiger partial charge in [0.1, 0.15) is 0 Å². The van der Waals surface area contributed by atoms with E-state index < -0.39 is 0 Å². The zero-order chi connectivity index (χ0) is 7.68. The fourth-order valence-corrected chi connectivity index (χ4v) is 2.33. The zero-order valence-corrected chi connectivity index (χ0v) is 7.17. The minimum absolute atomic E-state index is 0.00778. The van der Waals surface area contributed by atoms with Gasteiger partial charge in [0, 0.05) is 11.1 Å². The lowest BCUT2D eigenvalue weighted by molar-refractivity contribution is 1.35. The van der Waals surface area contributed by atoms with Gasteiger partial charge in [-0.2, -0.15) is 0 Å². The van der Waals surface area contributed by atoms with Crippen LogP contribution in [0.2, 0.25) is 0 Å². The van der Waals surface area contributed by atoms with Gasteiger partial charge in [-0.25, -0.2) is 0 Å². The summed E-state index contributed by atoms with van der Waals surface area (Å²) in [6, 6.07) is 3.98. The number of thiophene rings is 1. The summed E-state index contributed by atoms with van der Waals surface area (Å²) in [5, 5.41) is 2.00. The molecule has 0 bridgehead atoms. The fraction of sp³-hybridized carbons (Fsp3) is 0. The lowest BCUT2D eigenvalue weighted by Gasteiger charge is -1.83. The molecule has 0 aromatic carbocycles.